The number of nitrogens with one attached hydrogen (secondary N) is 1. The first-order valence-corrected chi connectivity index (χ1v) is 18.0. The molecule has 41 heavy (non-hydrogen) atoms. The summed E-state index contributed by atoms with van der Waals surface area (Å²) in [7, 11) is -5.70. The molecule has 5 rings (SSSR count). The monoisotopic (exact) mass is 603 g/mol. The standard InChI is InChI=1S/C30H45N5O4S2/c1-32-20-22-33(23-21-32)28-24-27(31-15-11-14-26-12-5-2-6-13-26)29(40(36,37)34-16-7-3-8-17-34)25-30(28)41(38,39)35-18-9-4-10-19-35/h2,5-6,12-13,24-25,31H,3-4,7-11,14-23H2,1H3. The first-order chi connectivity index (χ1) is 19.8. The molecule has 3 aliphatic rings. The van der Waals surface area contributed by atoms with Gasteiger partial charge in [0.15, 0.2) is 0 Å². The summed E-state index contributed by atoms with van der Waals surface area (Å²) < 4.78 is 59.6. The smallest absolute Gasteiger partial charge is 0.245 e. The fourth-order valence-electron chi connectivity index (χ4n) is 6.05. The van der Waals surface area contributed by atoms with Crippen LogP contribution < -0.4 is 10.2 Å². The number of hydrogen-bond acceptors (Lipinski definition) is 7. The van der Waals surface area contributed by atoms with Crippen molar-refractivity contribution in [2.24, 2.45) is 0 Å². The van der Waals surface area contributed by atoms with Crippen LogP contribution in [0.2, 0.25) is 0 Å². The SMILES string of the molecule is CN1CCN(c2cc(NCCCc3ccccc3)c(S(=O)(=O)N3CCCCC3)cc2S(=O)(=O)N2CCCCC2)CC1. The Kier molecular flexibility index (Phi) is 9.91. The highest BCUT2D eigenvalue weighted by atomic mass is 32.2. The minimum Gasteiger partial charge on any atom is -0.384 e. The zero-order valence-corrected chi connectivity index (χ0v) is 25.9. The summed E-state index contributed by atoms with van der Waals surface area (Å²) >= 11 is 0. The zero-order chi connectivity index (χ0) is 28.9. The Morgan fingerprint density at radius 2 is 1.24 bits per heavy atom. The molecular formula is C30H45N5O4S2. The summed E-state index contributed by atoms with van der Waals surface area (Å²) in [6.45, 7) is 5.45. The normalized spacial score (nSPS) is 20.3. The van der Waals surface area contributed by atoms with E-state index in [1.807, 2.05) is 24.3 Å². The Morgan fingerprint density at radius 3 is 1.83 bits per heavy atom. The summed E-state index contributed by atoms with van der Waals surface area (Å²) in [5.74, 6) is 0. The first-order valence-electron chi connectivity index (χ1n) is 15.2. The average Bonchev–Trinajstić information content (AvgIpc) is 3.00. The van der Waals surface area contributed by atoms with E-state index in [0.717, 1.165) is 64.5 Å². The van der Waals surface area contributed by atoms with E-state index in [-0.39, 0.29) is 9.79 Å². The molecule has 0 saturated carbocycles. The fraction of sp³-hybridized carbons (Fsp3) is 0.600. The van der Waals surface area contributed by atoms with Crippen LogP contribution in [0.15, 0.2) is 52.3 Å². The lowest BCUT2D eigenvalue weighted by molar-refractivity contribution is 0.312. The van der Waals surface area contributed by atoms with E-state index < -0.39 is 20.0 Å². The van der Waals surface area contributed by atoms with Gasteiger partial charge in [-0.3, -0.25) is 0 Å². The minimum absolute atomic E-state index is 0.0765. The average molecular weight is 604 g/mol. The van der Waals surface area contributed by atoms with Gasteiger partial charge in [0.2, 0.25) is 20.0 Å². The summed E-state index contributed by atoms with van der Waals surface area (Å²) in [6, 6.07) is 13.5. The second-order valence-corrected chi connectivity index (χ2v) is 15.4. The summed E-state index contributed by atoms with van der Waals surface area (Å²) in [4.78, 5) is 4.54. The molecule has 2 aromatic rings. The van der Waals surface area contributed by atoms with Crippen molar-refractivity contribution >= 4 is 31.4 Å². The number of rotatable bonds is 10. The molecule has 0 aliphatic carbocycles. The van der Waals surface area contributed by atoms with E-state index in [0.29, 0.717) is 57.2 Å². The van der Waals surface area contributed by atoms with Crippen molar-refractivity contribution in [3.05, 3.63) is 48.0 Å². The van der Waals surface area contributed by atoms with E-state index >= 15 is 0 Å². The maximum atomic E-state index is 14.2. The lowest BCUT2D eigenvalue weighted by atomic mass is 10.1. The van der Waals surface area contributed by atoms with Gasteiger partial charge in [-0.25, -0.2) is 16.8 Å². The molecule has 3 heterocycles. The number of hydrogen-bond donors (Lipinski definition) is 1. The highest BCUT2D eigenvalue weighted by Crippen LogP contribution is 2.38. The Balaban J connectivity index is 1.55. The lowest BCUT2D eigenvalue weighted by Gasteiger charge is -2.37. The number of anilines is 2. The third-order valence-corrected chi connectivity index (χ3v) is 12.4. The van der Waals surface area contributed by atoms with Gasteiger partial charge in [0.05, 0.1) is 11.4 Å². The Hall–Kier alpha value is -2.18. The molecule has 3 saturated heterocycles. The molecule has 0 bridgehead atoms. The molecule has 3 aliphatic heterocycles. The molecule has 226 valence electrons. The van der Waals surface area contributed by atoms with Crippen LogP contribution in [0.3, 0.4) is 0 Å². The molecule has 9 nitrogen and oxygen atoms in total. The van der Waals surface area contributed by atoms with Crippen LogP contribution in [0, 0.1) is 0 Å². The van der Waals surface area contributed by atoms with E-state index in [2.05, 4.69) is 34.3 Å². The van der Waals surface area contributed by atoms with E-state index in [9.17, 15) is 16.8 Å². The highest BCUT2D eigenvalue weighted by molar-refractivity contribution is 7.90. The second-order valence-electron chi connectivity index (χ2n) is 11.6. The van der Waals surface area contributed by atoms with Crippen LogP contribution in [0.5, 0.6) is 0 Å². The predicted molar refractivity (Wildman–Crippen MR) is 165 cm³/mol. The number of piperidine rings is 2. The maximum Gasteiger partial charge on any atom is 0.245 e. The topological polar surface area (TPSA) is 93.3 Å². The van der Waals surface area contributed by atoms with Crippen LogP contribution in [0.4, 0.5) is 11.4 Å². The Morgan fingerprint density at radius 1 is 0.683 bits per heavy atom. The third kappa shape index (κ3) is 7.07. The molecule has 0 aromatic heterocycles. The lowest BCUT2D eigenvalue weighted by Crippen LogP contribution is -2.45. The Labute approximate surface area is 246 Å². The maximum absolute atomic E-state index is 14.2. The summed E-state index contributed by atoms with van der Waals surface area (Å²) in [6.07, 6.45) is 6.99. The number of piperazine rings is 1. The predicted octanol–water partition coefficient (Wildman–Crippen LogP) is 3.83. The van der Waals surface area contributed by atoms with Crippen LogP contribution in [-0.2, 0) is 26.5 Å². The van der Waals surface area contributed by atoms with Crippen LogP contribution in [0.25, 0.3) is 0 Å². The quantitative estimate of drug-likeness (QED) is 0.413. The van der Waals surface area contributed by atoms with Crippen molar-refractivity contribution in [1.29, 1.82) is 0 Å². The largest absolute Gasteiger partial charge is 0.384 e. The van der Waals surface area contributed by atoms with Gasteiger partial charge in [-0.2, -0.15) is 8.61 Å². The van der Waals surface area contributed by atoms with Crippen LogP contribution >= 0.6 is 0 Å². The van der Waals surface area contributed by atoms with Gasteiger partial charge in [0.25, 0.3) is 0 Å². The van der Waals surface area contributed by atoms with Crippen molar-refractivity contribution in [3.63, 3.8) is 0 Å². The molecular weight excluding hydrogens is 558 g/mol. The minimum atomic E-state index is -3.89. The summed E-state index contributed by atoms with van der Waals surface area (Å²) in [5, 5.41) is 3.42. The van der Waals surface area contributed by atoms with Gasteiger partial charge in [-0.1, -0.05) is 43.2 Å². The number of benzene rings is 2. The van der Waals surface area contributed by atoms with E-state index in [1.54, 1.807) is 4.31 Å². The highest BCUT2D eigenvalue weighted by Gasteiger charge is 2.36. The molecule has 0 spiro atoms. The van der Waals surface area contributed by atoms with Crippen molar-refractivity contribution in [2.75, 3.05) is 76.2 Å². The second kappa shape index (κ2) is 13.4. The molecule has 1 N–H and O–H groups in total. The molecule has 0 radical (unpaired) electrons. The molecule has 0 atom stereocenters. The zero-order valence-electron chi connectivity index (χ0n) is 24.3. The number of likely N-dealkylation sites (N-methyl/N-ethyl adjacent to an activating group) is 1. The molecule has 11 heteroatoms. The number of aryl methyl sites for hydroxylation is 1. The van der Waals surface area contributed by atoms with Gasteiger partial charge in [0, 0.05) is 58.9 Å². The molecule has 2 aromatic carbocycles. The van der Waals surface area contributed by atoms with Gasteiger partial charge >= 0.3 is 0 Å². The fourth-order valence-corrected chi connectivity index (χ4v) is 9.55. The van der Waals surface area contributed by atoms with E-state index in [1.165, 1.54) is 15.9 Å². The van der Waals surface area contributed by atoms with E-state index in [4.69, 9.17) is 0 Å². The van der Waals surface area contributed by atoms with Crippen molar-refractivity contribution < 1.29 is 16.8 Å². The summed E-state index contributed by atoms with van der Waals surface area (Å²) in [5.41, 5.74) is 2.33. The van der Waals surface area contributed by atoms with Crippen LogP contribution in [-0.4, -0.2) is 96.3 Å². The number of nitrogens with zero attached hydrogens (tertiary/aromatic N) is 4. The van der Waals surface area contributed by atoms with Gasteiger partial charge in [0.1, 0.15) is 9.79 Å². The van der Waals surface area contributed by atoms with Crippen molar-refractivity contribution in [3.8, 4) is 0 Å². The molecule has 3 fully saturated rings. The van der Waals surface area contributed by atoms with Gasteiger partial charge in [-0.05, 0) is 63.3 Å². The molecule has 0 amide bonds. The third-order valence-electron chi connectivity index (χ3n) is 8.57. The van der Waals surface area contributed by atoms with Crippen molar-refractivity contribution in [1.82, 2.24) is 13.5 Å². The van der Waals surface area contributed by atoms with Crippen molar-refractivity contribution in [2.45, 2.75) is 61.2 Å². The first kappa shape index (κ1) is 30.3. The van der Waals surface area contributed by atoms with Crippen LogP contribution in [0.1, 0.15) is 50.5 Å². The van der Waals surface area contributed by atoms with Gasteiger partial charge in [-0.15, -0.1) is 0 Å². The molecule has 0 unspecified atom stereocenters. The van der Waals surface area contributed by atoms with Gasteiger partial charge < -0.3 is 15.1 Å². The Bertz CT molecular complexity index is 1370. The number of sulfonamides is 2.